The molecule has 0 fully saturated rings. The molecule has 11 rings (SSSR count). The van der Waals surface area contributed by atoms with E-state index >= 15 is 0 Å². The maximum Gasteiger partial charge on any atom is 0.0991 e. The lowest BCUT2D eigenvalue weighted by Crippen LogP contribution is -2.28. The molecule has 0 N–H and O–H groups in total. The molecule has 0 saturated carbocycles. The van der Waals surface area contributed by atoms with Gasteiger partial charge in [0.1, 0.15) is 0 Å². The van der Waals surface area contributed by atoms with Gasteiger partial charge < -0.3 is 4.90 Å². The van der Waals surface area contributed by atoms with Crippen LogP contribution < -0.4 is 4.90 Å². The van der Waals surface area contributed by atoms with E-state index in [-0.39, 0.29) is 0 Å². The van der Waals surface area contributed by atoms with E-state index in [1.807, 2.05) is 35.6 Å². The van der Waals surface area contributed by atoms with Gasteiger partial charge in [-0.1, -0.05) is 164 Å². The molecule has 1 aromatic heterocycles. The van der Waals surface area contributed by atoms with Crippen molar-refractivity contribution >= 4 is 48.6 Å². The summed E-state index contributed by atoms with van der Waals surface area (Å²) < 4.78 is 2.65. The van der Waals surface area contributed by atoms with E-state index in [0.717, 1.165) is 22.6 Å². The first-order valence-electron chi connectivity index (χ1n) is 20.0. The maximum absolute atomic E-state index is 9.70. The minimum atomic E-state index is -0.515. The van der Waals surface area contributed by atoms with E-state index in [1.54, 1.807) is 0 Å². The van der Waals surface area contributed by atoms with E-state index in [4.69, 9.17) is 0 Å². The Balaban J connectivity index is 1.01. The highest BCUT2D eigenvalue weighted by Crippen LogP contribution is 2.57. The van der Waals surface area contributed by atoms with Crippen LogP contribution >= 0.6 is 11.3 Å². The van der Waals surface area contributed by atoms with Crippen LogP contribution in [0, 0.1) is 11.3 Å². The number of fused-ring (bicyclic) bond motifs is 6. The van der Waals surface area contributed by atoms with E-state index in [1.165, 1.54) is 70.2 Å². The molecule has 0 aliphatic heterocycles. The minimum Gasteiger partial charge on any atom is -0.310 e. The van der Waals surface area contributed by atoms with E-state index in [2.05, 4.69) is 205 Å². The van der Waals surface area contributed by atoms with Gasteiger partial charge >= 0.3 is 0 Å². The first-order valence-corrected chi connectivity index (χ1v) is 20.8. The van der Waals surface area contributed by atoms with Crippen molar-refractivity contribution in [1.29, 1.82) is 5.26 Å². The van der Waals surface area contributed by atoms with Gasteiger partial charge in [-0.3, -0.25) is 0 Å². The molecule has 0 spiro atoms. The zero-order valence-electron chi connectivity index (χ0n) is 32.1. The molecule has 0 amide bonds. The zero-order chi connectivity index (χ0) is 39.3. The fourth-order valence-electron chi connectivity index (χ4n) is 9.32. The van der Waals surface area contributed by atoms with Crippen LogP contribution in [0.2, 0.25) is 0 Å². The normalized spacial score (nSPS) is 12.5. The number of thiophene rings is 1. The lowest BCUT2D eigenvalue weighted by molar-refractivity contribution is 0.768. The summed E-state index contributed by atoms with van der Waals surface area (Å²) in [5, 5.41) is 12.3. The number of rotatable bonds is 7. The van der Waals surface area contributed by atoms with Crippen molar-refractivity contribution in [1.82, 2.24) is 0 Å². The Morgan fingerprint density at radius 1 is 0.407 bits per heavy atom. The average Bonchev–Trinajstić information content (AvgIpc) is 3.84. The summed E-state index contributed by atoms with van der Waals surface area (Å²) >= 11 is 1.87. The van der Waals surface area contributed by atoms with Gasteiger partial charge in [0.05, 0.1) is 17.0 Å². The second-order valence-electron chi connectivity index (χ2n) is 15.2. The smallest absolute Gasteiger partial charge is 0.0991 e. The third kappa shape index (κ3) is 5.61. The van der Waals surface area contributed by atoms with Gasteiger partial charge in [-0.2, -0.15) is 5.26 Å². The SMILES string of the molecule is N#Cc1ccc(N(c2ccc(-c3ccc(-c4cccc5c4sc4ccccc45)cc3)cc2)c2ccc3c(c2)C(c2ccccc2)(c2ccccc2)c2ccccc2-3)cc1. The number of hydrogen-bond acceptors (Lipinski definition) is 3. The summed E-state index contributed by atoms with van der Waals surface area (Å²) in [5.74, 6) is 0. The summed E-state index contributed by atoms with van der Waals surface area (Å²) in [6.07, 6.45) is 0. The molecule has 1 heterocycles. The summed E-state index contributed by atoms with van der Waals surface area (Å²) in [5.41, 5.74) is 15.5. The topological polar surface area (TPSA) is 27.0 Å². The summed E-state index contributed by atoms with van der Waals surface area (Å²) in [6, 6.07) is 81.0. The van der Waals surface area contributed by atoms with Gasteiger partial charge in [0, 0.05) is 37.2 Å². The molecule has 9 aromatic carbocycles. The van der Waals surface area contributed by atoms with Crippen LogP contribution in [0.5, 0.6) is 0 Å². The Labute approximate surface area is 348 Å². The molecule has 0 radical (unpaired) electrons. The van der Waals surface area contributed by atoms with Crippen LogP contribution in [-0.2, 0) is 5.41 Å². The van der Waals surface area contributed by atoms with Gasteiger partial charge in [0.25, 0.3) is 0 Å². The third-order valence-electron chi connectivity index (χ3n) is 12.0. The molecule has 59 heavy (non-hydrogen) atoms. The highest BCUT2D eigenvalue weighted by Gasteiger charge is 2.46. The fraction of sp³-hybridized carbons (Fsp3) is 0.0179. The largest absolute Gasteiger partial charge is 0.310 e. The van der Waals surface area contributed by atoms with E-state index < -0.39 is 5.41 Å². The minimum absolute atomic E-state index is 0.515. The molecular weight excluding hydrogens is 733 g/mol. The lowest BCUT2D eigenvalue weighted by atomic mass is 9.67. The third-order valence-corrected chi connectivity index (χ3v) is 13.2. The van der Waals surface area contributed by atoms with Gasteiger partial charge in [-0.15, -0.1) is 11.3 Å². The Bertz CT molecular complexity index is 3150. The molecule has 0 atom stereocenters. The predicted molar refractivity (Wildman–Crippen MR) is 247 cm³/mol. The van der Waals surface area contributed by atoms with Crippen LogP contribution in [-0.4, -0.2) is 0 Å². The van der Waals surface area contributed by atoms with Crippen molar-refractivity contribution in [2.45, 2.75) is 5.41 Å². The number of anilines is 3. The second kappa shape index (κ2) is 14.1. The van der Waals surface area contributed by atoms with Crippen molar-refractivity contribution in [3.8, 4) is 39.4 Å². The monoisotopic (exact) mass is 768 g/mol. The highest BCUT2D eigenvalue weighted by atomic mass is 32.1. The lowest BCUT2D eigenvalue weighted by Gasteiger charge is -2.35. The van der Waals surface area contributed by atoms with Crippen molar-refractivity contribution < 1.29 is 0 Å². The molecule has 1 aliphatic rings. The average molecular weight is 769 g/mol. The first kappa shape index (κ1) is 34.7. The van der Waals surface area contributed by atoms with Crippen LogP contribution in [0.3, 0.4) is 0 Å². The molecule has 0 unspecified atom stereocenters. The van der Waals surface area contributed by atoms with Crippen molar-refractivity contribution in [2.75, 3.05) is 4.90 Å². The number of benzene rings is 9. The number of nitriles is 1. The van der Waals surface area contributed by atoms with Gasteiger partial charge in [-0.25, -0.2) is 0 Å². The zero-order valence-corrected chi connectivity index (χ0v) is 32.9. The Morgan fingerprint density at radius 2 is 0.932 bits per heavy atom. The van der Waals surface area contributed by atoms with Crippen molar-refractivity contribution in [2.24, 2.45) is 0 Å². The van der Waals surface area contributed by atoms with Crippen LogP contribution in [0.15, 0.2) is 218 Å². The molecule has 10 aromatic rings. The van der Waals surface area contributed by atoms with Gasteiger partial charge in [0.15, 0.2) is 0 Å². The molecule has 3 heteroatoms. The van der Waals surface area contributed by atoms with Crippen LogP contribution in [0.25, 0.3) is 53.6 Å². The predicted octanol–water partition coefficient (Wildman–Crippen LogP) is 15.1. The quantitative estimate of drug-likeness (QED) is 0.161. The van der Waals surface area contributed by atoms with E-state index in [9.17, 15) is 5.26 Å². The number of nitrogens with zero attached hydrogens (tertiary/aromatic N) is 2. The Kier molecular flexibility index (Phi) is 8.32. The summed E-state index contributed by atoms with van der Waals surface area (Å²) in [6.45, 7) is 0. The molecule has 0 saturated heterocycles. The van der Waals surface area contributed by atoms with Gasteiger partial charge in [0.2, 0.25) is 0 Å². The molecule has 1 aliphatic carbocycles. The standard InChI is InChI=1S/C56H36N2S/c57-37-38-22-30-44(31-23-38)58(45-32-28-40(29-33-45)39-24-26-41(27-25-39)47-18-11-19-51-50-17-8-10-21-54(50)59-55(47)51)46-34-35-49-48-16-7-9-20-52(48)56(53(49)36-46,42-12-3-1-4-13-42)43-14-5-2-6-15-43/h1-36H. The number of hydrogen-bond donors (Lipinski definition) is 0. The van der Waals surface area contributed by atoms with Crippen molar-refractivity contribution in [3.05, 3.63) is 246 Å². The molecule has 276 valence electrons. The maximum atomic E-state index is 9.70. The summed E-state index contributed by atoms with van der Waals surface area (Å²) in [4.78, 5) is 2.31. The highest BCUT2D eigenvalue weighted by molar-refractivity contribution is 7.26. The second-order valence-corrected chi connectivity index (χ2v) is 16.2. The first-order chi connectivity index (χ1) is 29.2. The Morgan fingerprint density at radius 3 is 1.63 bits per heavy atom. The summed E-state index contributed by atoms with van der Waals surface area (Å²) in [7, 11) is 0. The van der Waals surface area contributed by atoms with Crippen molar-refractivity contribution in [3.63, 3.8) is 0 Å². The fourth-order valence-corrected chi connectivity index (χ4v) is 10.6. The Hall–Kier alpha value is -7.51. The van der Waals surface area contributed by atoms with E-state index in [0.29, 0.717) is 5.56 Å². The van der Waals surface area contributed by atoms with Gasteiger partial charge in [-0.05, 0) is 110 Å². The molecule has 0 bridgehead atoms. The molecular formula is C56H36N2S. The molecule has 2 nitrogen and oxygen atoms in total. The van der Waals surface area contributed by atoms with Crippen LogP contribution in [0.1, 0.15) is 27.8 Å². The van der Waals surface area contributed by atoms with Crippen LogP contribution in [0.4, 0.5) is 17.1 Å².